The van der Waals surface area contributed by atoms with Crippen molar-refractivity contribution in [2.24, 2.45) is 5.92 Å². The molecule has 1 aliphatic heterocycles. The fourth-order valence-corrected chi connectivity index (χ4v) is 3.20. The molecule has 0 saturated carbocycles. The number of ether oxygens (including phenoxy) is 1. The van der Waals surface area contributed by atoms with E-state index < -0.39 is 0 Å². The molecule has 1 N–H and O–H groups in total. The summed E-state index contributed by atoms with van der Waals surface area (Å²) >= 11 is 5.69. The lowest BCUT2D eigenvalue weighted by Crippen LogP contribution is -2.43. The molecule has 0 aromatic heterocycles. The van der Waals surface area contributed by atoms with E-state index in [1.165, 1.54) is 11.1 Å². The first kappa shape index (κ1) is 20.1. The molecule has 0 atom stereocenters. The fourth-order valence-electron chi connectivity index (χ4n) is 2.96. The summed E-state index contributed by atoms with van der Waals surface area (Å²) in [4.78, 5) is 4.81. The summed E-state index contributed by atoms with van der Waals surface area (Å²) in [6, 6.07) is 8.58. The Labute approximate surface area is 158 Å². The molecule has 1 aromatic carbocycles. The van der Waals surface area contributed by atoms with Crippen LogP contribution in [0.4, 0.5) is 0 Å². The van der Waals surface area contributed by atoms with E-state index in [1.54, 1.807) is 0 Å². The predicted octanol–water partition coefficient (Wildman–Crippen LogP) is 3.05. The Bertz CT molecular complexity index is 529. The third-order valence-electron chi connectivity index (χ3n) is 4.58. The van der Waals surface area contributed by atoms with Crippen LogP contribution in [0.1, 0.15) is 31.4 Å². The number of nitrogens with one attached hydrogen (secondary N) is 1. The highest BCUT2D eigenvalue weighted by Crippen LogP contribution is 2.12. The van der Waals surface area contributed by atoms with E-state index in [-0.39, 0.29) is 0 Å². The lowest BCUT2D eigenvalue weighted by Gasteiger charge is -2.30. The minimum Gasteiger partial charge on any atom is -0.379 e. The normalized spacial score (nSPS) is 15.4. The summed E-state index contributed by atoms with van der Waals surface area (Å²) < 4.78 is 5.43. The van der Waals surface area contributed by atoms with Crippen molar-refractivity contribution in [3.63, 3.8) is 0 Å². The zero-order chi connectivity index (χ0) is 18.1. The molecule has 1 aromatic rings. The van der Waals surface area contributed by atoms with Crippen LogP contribution in [0, 0.1) is 12.8 Å². The number of morpholine rings is 1. The topological polar surface area (TPSA) is 27.7 Å². The maximum absolute atomic E-state index is 5.69. The first-order valence-electron chi connectivity index (χ1n) is 9.43. The van der Waals surface area contributed by atoms with Crippen molar-refractivity contribution in [2.45, 2.75) is 33.7 Å². The zero-order valence-electron chi connectivity index (χ0n) is 16.0. The molecule has 0 aliphatic carbocycles. The minimum absolute atomic E-state index is 0.589. The summed E-state index contributed by atoms with van der Waals surface area (Å²) in [6.07, 6.45) is 1.12. The Hall–Kier alpha value is -1.17. The number of hydrogen-bond acceptors (Lipinski definition) is 3. The highest BCUT2D eigenvalue weighted by molar-refractivity contribution is 7.80. The third kappa shape index (κ3) is 7.30. The van der Waals surface area contributed by atoms with Crippen LogP contribution in [0.5, 0.6) is 0 Å². The lowest BCUT2D eigenvalue weighted by atomic mass is 10.1. The van der Waals surface area contributed by atoms with Gasteiger partial charge in [-0.05, 0) is 42.6 Å². The summed E-state index contributed by atoms with van der Waals surface area (Å²) in [5.41, 5.74) is 2.68. The number of hydrogen-bond donors (Lipinski definition) is 1. The van der Waals surface area contributed by atoms with Gasteiger partial charge in [0, 0.05) is 39.3 Å². The first-order valence-corrected chi connectivity index (χ1v) is 9.84. The molecular weight excluding hydrogens is 330 g/mol. The Balaban J connectivity index is 1.90. The van der Waals surface area contributed by atoms with Crippen molar-refractivity contribution in [3.8, 4) is 0 Å². The Morgan fingerprint density at radius 3 is 2.68 bits per heavy atom. The Morgan fingerprint density at radius 1 is 1.28 bits per heavy atom. The molecule has 1 aliphatic rings. The van der Waals surface area contributed by atoms with Gasteiger partial charge < -0.3 is 15.0 Å². The van der Waals surface area contributed by atoms with E-state index >= 15 is 0 Å². The monoisotopic (exact) mass is 363 g/mol. The number of benzene rings is 1. The largest absolute Gasteiger partial charge is 0.379 e. The van der Waals surface area contributed by atoms with E-state index in [4.69, 9.17) is 17.0 Å². The summed E-state index contributed by atoms with van der Waals surface area (Å²) in [5.74, 6) is 0.589. The van der Waals surface area contributed by atoms with E-state index in [1.807, 2.05) is 0 Å². The van der Waals surface area contributed by atoms with Crippen LogP contribution in [0.3, 0.4) is 0 Å². The molecule has 140 valence electrons. The molecule has 0 unspecified atom stereocenters. The van der Waals surface area contributed by atoms with Crippen molar-refractivity contribution < 1.29 is 4.74 Å². The molecule has 1 saturated heterocycles. The quantitative estimate of drug-likeness (QED) is 0.717. The second kappa shape index (κ2) is 10.7. The molecule has 0 bridgehead atoms. The van der Waals surface area contributed by atoms with Crippen LogP contribution in [0.25, 0.3) is 0 Å². The number of rotatable bonds is 8. The van der Waals surface area contributed by atoms with Crippen LogP contribution in [-0.4, -0.2) is 60.8 Å². The molecular formula is C20H33N3OS. The molecule has 0 radical (unpaired) electrons. The van der Waals surface area contributed by atoms with Gasteiger partial charge in [0.2, 0.25) is 0 Å². The van der Waals surface area contributed by atoms with Gasteiger partial charge >= 0.3 is 0 Å². The van der Waals surface area contributed by atoms with E-state index in [0.717, 1.165) is 64.0 Å². The van der Waals surface area contributed by atoms with Crippen molar-refractivity contribution in [1.82, 2.24) is 15.1 Å². The average molecular weight is 364 g/mol. The minimum atomic E-state index is 0.589. The van der Waals surface area contributed by atoms with Crippen molar-refractivity contribution in [2.75, 3.05) is 45.9 Å². The van der Waals surface area contributed by atoms with Crippen molar-refractivity contribution in [3.05, 3.63) is 35.4 Å². The summed E-state index contributed by atoms with van der Waals surface area (Å²) in [7, 11) is 0. The standard InChI is InChI=1S/C20H33N3OS/c1-17(2)15-21-20(25)23(16-19-8-5-4-7-18(19)3)10-6-9-22-11-13-24-14-12-22/h4-5,7-8,17H,6,9-16H2,1-3H3,(H,21,25). The van der Waals surface area contributed by atoms with Gasteiger partial charge in [0.15, 0.2) is 5.11 Å². The lowest BCUT2D eigenvalue weighted by molar-refractivity contribution is 0.0367. The molecule has 5 heteroatoms. The molecule has 1 heterocycles. The predicted molar refractivity (Wildman–Crippen MR) is 109 cm³/mol. The van der Waals surface area contributed by atoms with E-state index in [0.29, 0.717) is 5.92 Å². The molecule has 4 nitrogen and oxygen atoms in total. The number of nitrogens with zero attached hydrogens (tertiary/aromatic N) is 2. The second-order valence-corrected chi connectivity index (χ2v) is 7.62. The average Bonchev–Trinajstić information content (AvgIpc) is 2.61. The summed E-state index contributed by atoms with van der Waals surface area (Å²) in [5, 5.41) is 4.31. The van der Waals surface area contributed by atoms with Crippen molar-refractivity contribution >= 4 is 17.3 Å². The van der Waals surface area contributed by atoms with Crippen LogP contribution in [0.15, 0.2) is 24.3 Å². The van der Waals surface area contributed by atoms with Gasteiger partial charge in [0.05, 0.1) is 13.2 Å². The number of thiocarbonyl (C=S) groups is 1. The molecule has 1 fully saturated rings. The maximum Gasteiger partial charge on any atom is 0.169 e. The zero-order valence-corrected chi connectivity index (χ0v) is 16.8. The summed E-state index contributed by atoms with van der Waals surface area (Å²) in [6.45, 7) is 14.3. The van der Waals surface area contributed by atoms with Gasteiger partial charge in [0.1, 0.15) is 0 Å². The van der Waals surface area contributed by atoms with Gasteiger partial charge in [-0.25, -0.2) is 0 Å². The van der Waals surface area contributed by atoms with Gasteiger partial charge in [-0.3, -0.25) is 4.90 Å². The highest BCUT2D eigenvalue weighted by Gasteiger charge is 2.14. The molecule has 0 spiro atoms. The van der Waals surface area contributed by atoms with Gasteiger partial charge in [-0.1, -0.05) is 38.1 Å². The first-order chi connectivity index (χ1) is 12.1. The van der Waals surface area contributed by atoms with Gasteiger partial charge in [0.25, 0.3) is 0 Å². The smallest absolute Gasteiger partial charge is 0.169 e. The van der Waals surface area contributed by atoms with Crippen LogP contribution in [0.2, 0.25) is 0 Å². The fraction of sp³-hybridized carbons (Fsp3) is 0.650. The number of aryl methyl sites for hydroxylation is 1. The van der Waals surface area contributed by atoms with Gasteiger partial charge in [-0.15, -0.1) is 0 Å². The second-order valence-electron chi connectivity index (χ2n) is 7.24. The Morgan fingerprint density at radius 2 is 2.00 bits per heavy atom. The van der Waals surface area contributed by atoms with Crippen molar-refractivity contribution in [1.29, 1.82) is 0 Å². The van der Waals surface area contributed by atoms with Crippen LogP contribution in [-0.2, 0) is 11.3 Å². The van der Waals surface area contributed by atoms with Crippen LogP contribution >= 0.6 is 12.2 Å². The van der Waals surface area contributed by atoms with Gasteiger partial charge in [-0.2, -0.15) is 0 Å². The molecule has 25 heavy (non-hydrogen) atoms. The maximum atomic E-state index is 5.69. The van der Waals surface area contributed by atoms with Crippen LogP contribution < -0.4 is 5.32 Å². The molecule has 0 amide bonds. The SMILES string of the molecule is Cc1ccccc1CN(CCCN1CCOCC1)C(=S)NCC(C)C. The van der Waals surface area contributed by atoms with E-state index in [2.05, 4.69) is 60.2 Å². The molecule has 2 rings (SSSR count). The Kier molecular flexibility index (Phi) is 8.65. The van der Waals surface area contributed by atoms with E-state index in [9.17, 15) is 0 Å². The third-order valence-corrected chi connectivity index (χ3v) is 4.98. The highest BCUT2D eigenvalue weighted by atomic mass is 32.1.